The van der Waals surface area contributed by atoms with Gasteiger partial charge < -0.3 is 10.5 Å². The topological polar surface area (TPSA) is 55.6 Å². The van der Waals surface area contributed by atoms with E-state index >= 15 is 0 Å². The molecule has 20 heavy (non-hydrogen) atoms. The fourth-order valence-corrected chi connectivity index (χ4v) is 3.05. The predicted molar refractivity (Wildman–Crippen MR) is 80.5 cm³/mol. The zero-order chi connectivity index (χ0) is 14.5. The number of nitrogens with zero attached hydrogens (tertiary/aromatic N) is 1. The number of anilines is 1. The van der Waals surface area contributed by atoms with Gasteiger partial charge in [0.15, 0.2) is 0 Å². The van der Waals surface area contributed by atoms with Crippen LogP contribution in [0.2, 0.25) is 0 Å². The molecule has 1 aliphatic heterocycles. The summed E-state index contributed by atoms with van der Waals surface area (Å²) in [5.74, 6) is -0.344. The van der Waals surface area contributed by atoms with E-state index in [0.29, 0.717) is 17.3 Å². The second kappa shape index (κ2) is 6.75. The highest BCUT2D eigenvalue weighted by atomic mass is 16.5. The van der Waals surface area contributed by atoms with Gasteiger partial charge in [0, 0.05) is 18.3 Å². The van der Waals surface area contributed by atoms with Crippen molar-refractivity contribution in [1.82, 2.24) is 4.90 Å². The standard InChI is InChI=1S/C16H24N2O2/c1-3-13-8-4-5-10-18(13)11-12-7-6-9-14(17)15(12)16(19)20-2/h6-7,9,13H,3-5,8,10-11,17H2,1-2H3. The van der Waals surface area contributed by atoms with Crippen LogP contribution in [0.3, 0.4) is 0 Å². The van der Waals surface area contributed by atoms with Crippen molar-refractivity contribution in [3.05, 3.63) is 29.3 Å². The van der Waals surface area contributed by atoms with Gasteiger partial charge in [0.1, 0.15) is 0 Å². The van der Waals surface area contributed by atoms with Crippen LogP contribution in [0.5, 0.6) is 0 Å². The van der Waals surface area contributed by atoms with E-state index in [1.165, 1.54) is 26.4 Å². The number of carbonyl (C=O) groups is 1. The Hall–Kier alpha value is -1.55. The van der Waals surface area contributed by atoms with Crippen molar-refractivity contribution in [3.63, 3.8) is 0 Å². The molecule has 0 aliphatic carbocycles. The van der Waals surface area contributed by atoms with Crippen molar-refractivity contribution in [2.75, 3.05) is 19.4 Å². The van der Waals surface area contributed by atoms with Gasteiger partial charge in [-0.3, -0.25) is 4.90 Å². The van der Waals surface area contributed by atoms with Crippen LogP contribution < -0.4 is 5.73 Å². The molecule has 1 aromatic carbocycles. The highest BCUT2D eigenvalue weighted by molar-refractivity contribution is 5.96. The van der Waals surface area contributed by atoms with Crippen LogP contribution in [0, 0.1) is 0 Å². The second-order valence-corrected chi connectivity index (χ2v) is 5.40. The lowest BCUT2D eigenvalue weighted by atomic mass is 9.97. The van der Waals surface area contributed by atoms with Crippen LogP contribution in [-0.4, -0.2) is 30.6 Å². The smallest absolute Gasteiger partial charge is 0.340 e. The van der Waals surface area contributed by atoms with E-state index in [-0.39, 0.29) is 5.97 Å². The molecule has 0 spiro atoms. The molecule has 4 heteroatoms. The number of rotatable bonds is 4. The summed E-state index contributed by atoms with van der Waals surface area (Å²) >= 11 is 0. The summed E-state index contributed by atoms with van der Waals surface area (Å²) in [4.78, 5) is 14.4. The van der Waals surface area contributed by atoms with E-state index in [9.17, 15) is 4.79 Å². The highest BCUT2D eigenvalue weighted by Gasteiger charge is 2.23. The maximum atomic E-state index is 11.9. The minimum atomic E-state index is -0.344. The number of benzene rings is 1. The summed E-state index contributed by atoms with van der Waals surface area (Å²) in [5, 5.41) is 0. The van der Waals surface area contributed by atoms with Crippen molar-refractivity contribution in [2.45, 2.75) is 45.2 Å². The van der Waals surface area contributed by atoms with Gasteiger partial charge in [0.2, 0.25) is 0 Å². The monoisotopic (exact) mass is 276 g/mol. The summed E-state index contributed by atoms with van der Waals surface area (Å²) < 4.78 is 4.86. The average Bonchev–Trinajstić information content (AvgIpc) is 2.47. The third-order valence-electron chi connectivity index (χ3n) is 4.17. The van der Waals surface area contributed by atoms with Crippen LogP contribution in [0.1, 0.15) is 48.5 Å². The second-order valence-electron chi connectivity index (χ2n) is 5.40. The van der Waals surface area contributed by atoms with Gasteiger partial charge in [-0.15, -0.1) is 0 Å². The number of methoxy groups -OCH3 is 1. The Morgan fingerprint density at radius 2 is 2.25 bits per heavy atom. The Kier molecular flexibility index (Phi) is 5.01. The van der Waals surface area contributed by atoms with E-state index < -0.39 is 0 Å². The molecule has 1 aliphatic rings. The summed E-state index contributed by atoms with van der Waals surface area (Å²) in [6, 6.07) is 6.24. The largest absolute Gasteiger partial charge is 0.465 e. The Bertz CT molecular complexity index is 474. The molecule has 0 saturated carbocycles. The van der Waals surface area contributed by atoms with Crippen molar-refractivity contribution in [2.24, 2.45) is 0 Å². The van der Waals surface area contributed by atoms with Gasteiger partial charge in [0.25, 0.3) is 0 Å². The normalized spacial score (nSPS) is 19.8. The first-order chi connectivity index (χ1) is 9.67. The summed E-state index contributed by atoms with van der Waals surface area (Å²) in [5.41, 5.74) is 7.94. The van der Waals surface area contributed by atoms with Crippen LogP contribution >= 0.6 is 0 Å². The molecule has 1 heterocycles. The van der Waals surface area contributed by atoms with Crippen LogP contribution in [0.15, 0.2) is 18.2 Å². The van der Waals surface area contributed by atoms with Crippen LogP contribution in [0.4, 0.5) is 5.69 Å². The van der Waals surface area contributed by atoms with Crippen molar-refractivity contribution < 1.29 is 9.53 Å². The first-order valence-corrected chi connectivity index (χ1v) is 7.37. The Morgan fingerprint density at radius 1 is 1.45 bits per heavy atom. The van der Waals surface area contributed by atoms with E-state index in [1.807, 2.05) is 12.1 Å². The number of carbonyl (C=O) groups excluding carboxylic acids is 1. The third kappa shape index (κ3) is 3.12. The zero-order valence-corrected chi connectivity index (χ0v) is 12.4. The Labute approximate surface area is 120 Å². The van der Waals surface area contributed by atoms with Gasteiger partial charge in [-0.2, -0.15) is 0 Å². The molecule has 0 bridgehead atoms. The molecule has 1 unspecified atom stereocenters. The molecule has 110 valence electrons. The SMILES string of the molecule is CCC1CCCCN1Cc1cccc(N)c1C(=O)OC. The van der Waals surface area contributed by atoms with E-state index in [1.54, 1.807) is 6.07 Å². The van der Waals surface area contributed by atoms with Gasteiger partial charge in [-0.25, -0.2) is 4.79 Å². The van der Waals surface area contributed by atoms with Gasteiger partial charge in [-0.1, -0.05) is 25.5 Å². The zero-order valence-electron chi connectivity index (χ0n) is 12.4. The van der Waals surface area contributed by atoms with Crippen LogP contribution in [0.25, 0.3) is 0 Å². The number of likely N-dealkylation sites (tertiary alicyclic amines) is 1. The summed E-state index contributed by atoms with van der Waals surface area (Å²) in [7, 11) is 1.40. The average molecular weight is 276 g/mol. The predicted octanol–water partition coefficient (Wildman–Crippen LogP) is 2.82. The minimum Gasteiger partial charge on any atom is -0.465 e. The third-order valence-corrected chi connectivity index (χ3v) is 4.17. The molecule has 0 amide bonds. The minimum absolute atomic E-state index is 0.344. The molecule has 2 N–H and O–H groups in total. The summed E-state index contributed by atoms with van der Waals surface area (Å²) in [6.45, 7) is 4.09. The number of hydrogen-bond donors (Lipinski definition) is 1. The first kappa shape index (κ1) is 14.9. The fourth-order valence-electron chi connectivity index (χ4n) is 3.05. The molecule has 1 saturated heterocycles. The molecular formula is C16H24N2O2. The lowest BCUT2D eigenvalue weighted by molar-refractivity contribution is 0.0597. The van der Waals surface area contributed by atoms with Crippen LogP contribution in [-0.2, 0) is 11.3 Å². The fraction of sp³-hybridized carbons (Fsp3) is 0.562. The van der Waals surface area contributed by atoms with Crippen molar-refractivity contribution >= 4 is 11.7 Å². The first-order valence-electron chi connectivity index (χ1n) is 7.37. The molecular weight excluding hydrogens is 252 g/mol. The summed E-state index contributed by atoms with van der Waals surface area (Å²) in [6.07, 6.45) is 4.92. The van der Waals surface area contributed by atoms with E-state index in [4.69, 9.17) is 10.5 Å². The Balaban J connectivity index is 2.24. The maximum Gasteiger partial charge on any atom is 0.340 e. The van der Waals surface area contributed by atoms with Crippen molar-refractivity contribution in [1.29, 1.82) is 0 Å². The maximum absolute atomic E-state index is 11.9. The highest BCUT2D eigenvalue weighted by Crippen LogP contribution is 2.25. The number of piperidine rings is 1. The van der Waals surface area contributed by atoms with Gasteiger partial charge >= 0.3 is 5.97 Å². The van der Waals surface area contributed by atoms with E-state index in [2.05, 4.69) is 11.8 Å². The number of esters is 1. The molecule has 0 radical (unpaired) electrons. The molecule has 0 aromatic heterocycles. The Morgan fingerprint density at radius 3 is 2.95 bits per heavy atom. The quantitative estimate of drug-likeness (QED) is 0.678. The lowest BCUT2D eigenvalue weighted by Crippen LogP contribution is -2.38. The number of hydrogen-bond acceptors (Lipinski definition) is 4. The molecule has 1 fully saturated rings. The van der Waals surface area contributed by atoms with E-state index in [0.717, 1.165) is 25.1 Å². The molecule has 1 aromatic rings. The number of ether oxygens (including phenoxy) is 1. The van der Waals surface area contributed by atoms with Crippen molar-refractivity contribution in [3.8, 4) is 0 Å². The molecule has 2 rings (SSSR count). The van der Waals surface area contributed by atoms with Gasteiger partial charge in [-0.05, 0) is 37.4 Å². The number of nitrogens with two attached hydrogens (primary N) is 1. The number of nitrogen functional groups attached to an aromatic ring is 1. The van der Waals surface area contributed by atoms with Gasteiger partial charge in [0.05, 0.1) is 12.7 Å². The molecule has 1 atom stereocenters. The lowest BCUT2D eigenvalue weighted by Gasteiger charge is -2.35. The molecule has 4 nitrogen and oxygen atoms in total.